The van der Waals surface area contributed by atoms with E-state index >= 15 is 0 Å². The molecular formula is C17H24ClN3O2. The van der Waals surface area contributed by atoms with Gasteiger partial charge in [-0.25, -0.2) is 0 Å². The van der Waals surface area contributed by atoms with Crippen LogP contribution in [0.2, 0.25) is 5.02 Å². The van der Waals surface area contributed by atoms with Gasteiger partial charge < -0.3 is 16.4 Å². The number of carbonyl (C=O) groups excluding carboxylic acids is 2. The number of hydrogen-bond acceptors (Lipinski definition) is 3. The first-order valence-electron chi connectivity index (χ1n) is 7.90. The predicted octanol–water partition coefficient (Wildman–Crippen LogP) is 1.59. The molecule has 0 unspecified atom stereocenters. The summed E-state index contributed by atoms with van der Waals surface area (Å²) in [6.45, 7) is 4.26. The van der Waals surface area contributed by atoms with Gasteiger partial charge in [-0.3, -0.25) is 9.59 Å². The van der Waals surface area contributed by atoms with Crippen LogP contribution in [-0.2, 0) is 15.0 Å². The van der Waals surface area contributed by atoms with Crippen molar-refractivity contribution in [3.8, 4) is 0 Å². The molecule has 4 N–H and O–H groups in total. The third-order valence-corrected chi connectivity index (χ3v) is 4.63. The quantitative estimate of drug-likeness (QED) is 0.706. The summed E-state index contributed by atoms with van der Waals surface area (Å²) in [5, 5.41) is 6.17. The molecule has 1 saturated carbocycles. The van der Waals surface area contributed by atoms with Crippen LogP contribution in [0.1, 0.15) is 32.3 Å². The number of rotatable bonds is 7. The summed E-state index contributed by atoms with van der Waals surface area (Å²) in [5.41, 5.74) is 6.93. The van der Waals surface area contributed by atoms with E-state index in [-0.39, 0.29) is 29.7 Å². The molecule has 1 aliphatic carbocycles. The van der Waals surface area contributed by atoms with Gasteiger partial charge in [0.05, 0.1) is 12.6 Å². The van der Waals surface area contributed by atoms with E-state index in [2.05, 4.69) is 10.6 Å². The van der Waals surface area contributed by atoms with Gasteiger partial charge in [-0.2, -0.15) is 0 Å². The lowest BCUT2D eigenvalue weighted by atomic mass is 9.96. The molecule has 1 fully saturated rings. The lowest BCUT2D eigenvalue weighted by molar-refractivity contribution is -0.127. The number of nitrogens with two attached hydrogens (primary N) is 1. The molecular weight excluding hydrogens is 314 g/mol. The lowest BCUT2D eigenvalue weighted by Gasteiger charge is -2.18. The smallest absolute Gasteiger partial charge is 0.239 e. The molecule has 6 heteroatoms. The molecule has 0 bridgehead atoms. The third kappa shape index (κ3) is 4.69. The van der Waals surface area contributed by atoms with Crippen LogP contribution >= 0.6 is 11.6 Å². The Hall–Kier alpha value is -1.59. The molecule has 0 aliphatic heterocycles. The Bertz CT molecular complexity index is 568. The summed E-state index contributed by atoms with van der Waals surface area (Å²) in [6.07, 6.45) is 2.08. The molecule has 2 amide bonds. The van der Waals surface area contributed by atoms with E-state index < -0.39 is 6.04 Å². The average Bonchev–Trinajstić information content (AvgIpc) is 3.31. The van der Waals surface area contributed by atoms with Crippen molar-refractivity contribution in [3.05, 3.63) is 34.9 Å². The molecule has 1 aromatic carbocycles. The summed E-state index contributed by atoms with van der Waals surface area (Å²) in [7, 11) is 0. The maximum absolute atomic E-state index is 11.9. The van der Waals surface area contributed by atoms with Gasteiger partial charge in [0.1, 0.15) is 0 Å². The minimum Gasteiger partial charge on any atom is -0.354 e. The maximum Gasteiger partial charge on any atom is 0.239 e. The molecule has 0 spiro atoms. The topological polar surface area (TPSA) is 84.2 Å². The fourth-order valence-corrected chi connectivity index (χ4v) is 2.57. The zero-order valence-electron chi connectivity index (χ0n) is 13.6. The monoisotopic (exact) mass is 337 g/mol. The average molecular weight is 338 g/mol. The Morgan fingerprint density at radius 3 is 2.35 bits per heavy atom. The summed E-state index contributed by atoms with van der Waals surface area (Å²) in [5.74, 6) is -0.457. The summed E-state index contributed by atoms with van der Waals surface area (Å²) in [4.78, 5) is 23.6. The molecule has 126 valence electrons. The summed E-state index contributed by atoms with van der Waals surface area (Å²) >= 11 is 5.91. The van der Waals surface area contributed by atoms with Gasteiger partial charge >= 0.3 is 0 Å². The fourth-order valence-electron chi connectivity index (χ4n) is 2.44. The van der Waals surface area contributed by atoms with Crippen molar-refractivity contribution in [3.63, 3.8) is 0 Å². The second-order valence-electron chi connectivity index (χ2n) is 6.55. The van der Waals surface area contributed by atoms with E-state index in [9.17, 15) is 9.59 Å². The lowest BCUT2D eigenvalue weighted by Crippen LogP contribution is -2.47. The van der Waals surface area contributed by atoms with Gasteiger partial charge in [0, 0.05) is 17.0 Å². The van der Waals surface area contributed by atoms with Crippen molar-refractivity contribution in [2.75, 3.05) is 13.1 Å². The van der Waals surface area contributed by atoms with Gasteiger partial charge in [0.2, 0.25) is 11.8 Å². The normalized spacial score (nSPS) is 16.7. The first-order chi connectivity index (χ1) is 10.8. The Balaban J connectivity index is 1.78. The molecule has 2 rings (SSSR count). The molecule has 1 atom stereocenters. The first kappa shape index (κ1) is 17.8. The molecule has 0 heterocycles. The predicted molar refractivity (Wildman–Crippen MR) is 91.2 cm³/mol. The Kier molecular flexibility index (Phi) is 5.65. The fraction of sp³-hybridized carbons (Fsp3) is 0.529. The van der Waals surface area contributed by atoms with E-state index in [1.54, 1.807) is 0 Å². The SMILES string of the molecule is CC(C)[C@H](N)C(=O)NCC(=O)NCC1(c2ccc(Cl)cc2)CC1. The maximum atomic E-state index is 11.9. The highest BCUT2D eigenvalue weighted by Gasteiger charge is 2.44. The second kappa shape index (κ2) is 7.32. The van der Waals surface area contributed by atoms with E-state index in [1.165, 1.54) is 5.56 Å². The zero-order chi connectivity index (χ0) is 17.0. The third-order valence-electron chi connectivity index (χ3n) is 4.38. The largest absolute Gasteiger partial charge is 0.354 e. The molecule has 0 radical (unpaired) electrons. The van der Waals surface area contributed by atoms with Gasteiger partial charge in [-0.15, -0.1) is 0 Å². The number of halogens is 1. The molecule has 1 aliphatic rings. The number of amides is 2. The van der Waals surface area contributed by atoms with Gasteiger partial charge in [0.25, 0.3) is 0 Å². The zero-order valence-corrected chi connectivity index (χ0v) is 14.3. The minimum atomic E-state index is -0.591. The molecule has 1 aromatic rings. The van der Waals surface area contributed by atoms with Crippen molar-refractivity contribution in [1.82, 2.24) is 10.6 Å². The van der Waals surface area contributed by atoms with E-state index in [0.29, 0.717) is 11.6 Å². The van der Waals surface area contributed by atoms with Gasteiger partial charge in [0.15, 0.2) is 0 Å². The highest BCUT2D eigenvalue weighted by molar-refractivity contribution is 6.30. The summed E-state index contributed by atoms with van der Waals surface area (Å²) in [6, 6.07) is 7.15. The number of benzene rings is 1. The van der Waals surface area contributed by atoms with E-state index in [4.69, 9.17) is 17.3 Å². The standard InChI is InChI=1S/C17H24ClN3O2/c1-11(2)15(19)16(23)20-9-14(22)21-10-17(7-8-17)12-3-5-13(18)6-4-12/h3-6,11,15H,7-10,19H2,1-2H3,(H,20,23)(H,21,22)/t15-/m0/s1. The Labute approximate surface area is 142 Å². The highest BCUT2D eigenvalue weighted by atomic mass is 35.5. The van der Waals surface area contributed by atoms with Crippen molar-refractivity contribution < 1.29 is 9.59 Å². The van der Waals surface area contributed by atoms with Crippen LogP contribution in [-0.4, -0.2) is 30.9 Å². The Morgan fingerprint density at radius 2 is 1.83 bits per heavy atom. The second-order valence-corrected chi connectivity index (χ2v) is 6.99. The van der Waals surface area contributed by atoms with Crippen molar-refractivity contribution in [2.45, 2.75) is 38.1 Å². The molecule has 5 nitrogen and oxygen atoms in total. The van der Waals surface area contributed by atoms with Crippen LogP contribution < -0.4 is 16.4 Å². The van der Waals surface area contributed by atoms with Crippen LogP contribution in [0.25, 0.3) is 0 Å². The minimum absolute atomic E-state index is 0.0125. The highest BCUT2D eigenvalue weighted by Crippen LogP contribution is 2.47. The molecule has 0 saturated heterocycles. The van der Waals surface area contributed by atoms with Crippen molar-refractivity contribution >= 4 is 23.4 Å². The van der Waals surface area contributed by atoms with Crippen LogP contribution in [0, 0.1) is 5.92 Å². The van der Waals surface area contributed by atoms with Gasteiger partial charge in [-0.1, -0.05) is 37.6 Å². The van der Waals surface area contributed by atoms with Crippen LogP contribution in [0.5, 0.6) is 0 Å². The van der Waals surface area contributed by atoms with Crippen molar-refractivity contribution in [2.24, 2.45) is 11.7 Å². The first-order valence-corrected chi connectivity index (χ1v) is 8.28. The van der Waals surface area contributed by atoms with Crippen LogP contribution in [0.15, 0.2) is 24.3 Å². The van der Waals surface area contributed by atoms with Gasteiger partial charge in [-0.05, 0) is 36.5 Å². The van der Waals surface area contributed by atoms with Crippen LogP contribution in [0.4, 0.5) is 0 Å². The number of nitrogens with one attached hydrogen (secondary N) is 2. The Morgan fingerprint density at radius 1 is 1.22 bits per heavy atom. The molecule has 23 heavy (non-hydrogen) atoms. The van der Waals surface area contributed by atoms with Crippen LogP contribution in [0.3, 0.4) is 0 Å². The number of carbonyl (C=O) groups is 2. The van der Waals surface area contributed by atoms with E-state index in [1.807, 2.05) is 38.1 Å². The van der Waals surface area contributed by atoms with Crippen molar-refractivity contribution in [1.29, 1.82) is 0 Å². The number of hydrogen-bond donors (Lipinski definition) is 3. The molecule has 0 aromatic heterocycles. The summed E-state index contributed by atoms with van der Waals surface area (Å²) < 4.78 is 0. The van der Waals surface area contributed by atoms with E-state index in [0.717, 1.165) is 12.8 Å².